The molecule has 2 aromatic rings. The molecule has 0 unspecified atom stereocenters. The van der Waals surface area contributed by atoms with Gasteiger partial charge in [0, 0.05) is 63.6 Å². The number of nitrogens with one attached hydrogen (secondary N) is 1. The summed E-state index contributed by atoms with van der Waals surface area (Å²) in [7, 11) is 1.58. The smallest absolute Gasteiger partial charge is 0.246 e. The molecule has 188 valence electrons. The van der Waals surface area contributed by atoms with Crippen LogP contribution >= 0.6 is 11.6 Å². The molecule has 9 heteroatoms. The van der Waals surface area contributed by atoms with E-state index < -0.39 is 0 Å². The Hall–Kier alpha value is -2.94. The number of hydrogen-bond donors (Lipinski definition) is 1. The van der Waals surface area contributed by atoms with Crippen LogP contribution in [0.5, 0.6) is 5.75 Å². The lowest BCUT2D eigenvalue weighted by Crippen LogP contribution is -2.53. The standard InChI is InChI=1S/C26H31ClFN3O4/c1-18-16-30(17-20-4-7-22(28)8-5-20)10-11-31(18)26(33)9-6-21-14-25(35-13-12-34-3)23(27)15-24(21)29-19(2)32/h4-9,14-15,18H,10-13,16-17H2,1-3H3,(H,29,32)/b9-6+/t18-/m1/s1. The van der Waals surface area contributed by atoms with Crippen LogP contribution in [0, 0.1) is 5.82 Å². The highest BCUT2D eigenvalue weighted by Crippen LogP contribution is 2.32. The third-order valence-electron chi connectivity index (χ3n) is 5.68. The number of carbonyl (C=O) groups excluding carboxylic acids is 2. The first-order valence-corrected chi connectivity index (χ1v) is 11.8. The topological polar surface area (TPSA) is 71.1 Å². The Balaban J connectivity index is 1.68. The van der Waals surface area contributed by atoms with Crippen LogP contribution in [0.15, 0.2) is 42.5 Å². The first-order chi connectivity index (χ1) is 16.8. The van der Waals surface area contributed by atoms with Crippen LogP contribution in [0.3, 0.4) is 0 Å². The molecule has 2 aromatic carbocycles. The van der Waals surface area contributed by atoms with Crippen molar-refractivity contribution in [1.29, 1.82) is 0 Å². The van der Waals surface area contributed by atoms with E-state index in [4.69, 9.17) is 21.1 Å². The molecule has 0 bridgehead atoms. The molecule has 0 aliphatic carbocycles. The van der Waals surface area contributed by atoms with Crippen molar-refractivity contribution in [2.75, 3.05) is 45.3 Å². The molecule has 3 rings (SSSR count). The van der Waals surface area contributed by atoms with Gasteiger partial charge in [-0.1, -0.05) is 23.7 Å². The number of nitrogens with zero attached hydrogens (tertiary/aromatic N) is 2. The van der Waals surface area contributed by atoms with E-state index >= 15 is 0 Å². The lowest BCUT2D eigenvalue weighted by atomic mass is 10.1. The predicted octanol–water partition coefficient (Wildman–Crippen LogP) is 4.21. The molecule has 2 amide bonds. The van der Waals surface area contributed by atoms with Gasteiger partial charge in [0.15, 0.2) is 0 Å². The van der Waals surface area contributed by atoms with Crippen molar-refractivity contribution in [2.24, 2.45) is 0 Å². The van der Waals surface area contributed by atoms with Crippen molar-refractivity contribution >= 4 is 35.2 Å². The summed E-state index contributed by atoms with van der Waals surface area (Å²) in [6, 6.07) is 9.79. The van der Waals surface area contributed by atoms with Crippen LogP contribution in [0.2, 0.25) is 5.02 Å². The zero-order chi connectivity index (χ0) is 25.4. The molecule has 1 fully saturated rings. The molecule has 1 heterocycles. The number of hydrogen-bond acceptors (Lipinski definition) is 5. The molecule has 1 N–H and O–H groups in total. The van der Waals surface area contributed by atoms with Crippen LogP contribution in [-0.4, -0.2) is 67.6 Å². The Morgan fingerprint density at radius 2 is 1.94 bits per heavy atom. The zero-order valence-corrected chi connectivity index (χ0v) is 21.0. The number of halogens is 2. The summed E-state index contributed by atoms with van der Waals surface area (Å²) in [5, 5.41) is 3.09. The first-order valence-electron chi connectivity index (χ1n) is 11.4. The van der Waals surface area contributed by atoms with Gasteiger partial charge < -0.3 is 19.7 Å². The summed E-state index contributed by atoms with van der Waals surface area (Å²) in [5.41, 5.74) is 2.13. The van der Waals surface area contributed by atoms with Gasteiger partial charge >= 0.3 is 0 Å². The monoisotopic (exact) mass is 503 g/mol. The maximum atomic E-state index is 13.2. The first kappa shape index (κ1) is 26.7. The minimum Gasteiger partial charge on any atom is -0.490 e. The summed E-state index contributed by atoms with van der Waals surface area (Å²) >= 11 is 6.31. The molecular formula is C26H31ClFN3O4. The van der Waals surface area contributed by atoms with Crippen molar-refractivity contribution in [2.45, 2.75) is 26.4 Å². The number of ether oxygens (including phenoxy) is 2. The molecule has 0 aromatic heterocycles. The summed E-state index contributed by atoms with van der Waals surface area (Å²) in [6.07, 6.45) is 3.16. The zero-order valence-electron chi connectivity index (χ0n) is 20.2. The van der Waals surface area contributed by atoms with Crippen LogP contribution in [0.1, 0.15) is 25.0 Å². The molecule has 1 aliphatic rings. The fraction of sp³-hybridized carbons (Fsp3) is 0.385. The Bertz CT molecular complexity index is 1060. The van der Waals surface area contributed by atoms with E-state index in [1.54, 1.807) is 37.5 Å². The normalized spacial score (nSPS) is 16.5. The molecular weight excluding hydrogens is 473 g/mol. The maximum absolute atomic E-state index is 13.2. The van der Waals surface area contributed by atoms with Gasteiger partial charge in [0.05, 0.1) is 11.6 Å². The Labute approximate surface area is 210 Å². The third-order valence-corrected chi connectivity index (χ3v) is 5.97. The lowest BCUT2D eigenvalue weighted by Gasteiger charge is -2.39. The highest BCUT2D eigenvalue weighted by atomic mass is 35.5. The van der Waals surface area contributed by atoms with E-state index in [1.807, 2.05) is 11.8 Å². The number of benzene rings is 2. The molecule has 0 saturated carbocycles. The number of rotatable bonds is 9. The van der Waals surface area contributed by atoms with Crippen LogP contribution in [0.25, 0.3) is 6.08 Å². The number of carbonyl (C=O) groups is 2. The molecule has 1 aliphatic heterocycles. The second-order valence-corrected chi connectivity index (χ2v) is 8.88. The van der Waals surface area contributed by atoms with E-state index in [1.165, 1.54) is 25.1 Å². The maximum Gasteiger partial charge on any atom is 0.246 e. The number of anilines is 1. The van der Waals surface area contributed by atoms with Gasteiger partial charge in [0.1, 0.15) is 18.2 Å². The molecule has 0 radical (unpaired) electrons. The average Bonchev–Trinajstić information content (AvgIpc) is 2.81. The van der Waals surface area contributed by atoms with Crippen molar-refractivity contribution in [3.8, 4) is 5.75 Å². The summed E-state index contributed by atoms with van der Waals surface area (Å²) in [6.45, 7) is 6.85. The largest absolute Gasteiger partial charge is 0.490 e. The van der Waals surface area contributed by atoms with Crippen molar-refractivity contribution in [1.82, 2.24) is 9.80 Å². The second kappa shape index (κ2) is 12.7. The highest BCUT2D eigenvalue weighted by molar-refractivity contribution is 6.32. The van der Waals surface area contributed by atoms with Crippen LogP contribution in [-0.2, 0) is 20.9 Å². The molecule has 7 nitrogen and oxygen atoms in total. The van der Waals surface area contributed by atoms with Gasteiger partial charge in [-0.3, -0.25) is 14.5 Å². The van der Waals surface area contributed by atoms with Gasteiger partial charge in [-0.2, -0.15) is 0 Å². The quantitative estimate of drug-likeness (QED) is 0.410. The number of amides is 2. The van der Waals surface area contributed by atoms with Gasteiger partial charge in [0.25, 0.3) is 0 Å². The highest BCUT2D eigenvalue weighted by Gasteiger charge is 2.26. The lowest BCUT2D eigenvalue weighted by molar-refractivity contribution is -0.130. The fourth-order valence-corrected chi connectivity index (χ4v) is 4.18. The minimum absolute atomic E-state index is 0.00863. The van der Waals surface area contributed by atoms with E-state index in [0.29, 0.717) is 54.9 Å². The third kappa shape index (κ3) is 7.78. The van der Waals surface area contributed by atoms with Crippen molar-refractivity contribution < 1.29 is 23.5 Å². The number of piperazine rings is 1. The average molecular weight is 504 g/mol. The van der Waals surface area contributed by atoms with E-state index in [0.717, 1.165) is 12.1 Å². The molecule has 35 heavy (non-hydrogen) atoms. The molecule has 1 atom stereocenters. The number of methoxy groups -OCH3 is 1. The Kier molecular flexibility index (Phi) is 9.65. The second-order valence-electron chi connectivity index (χ2n) is 8.47. The van der Waals surface area contributed by atoms with E-state index in [-0.39, 0.29) is 23.7 Å². The van der Waals surface area contributed by atoms with Gasteiger partial charge in [-0.05, 0) is 42.8 Å². The van der Waals surface area contributed by atoms with Crippen LogP contribution < -0.4 is 10.1 Å². The Morgan fingerprint density at radius 1 is 1.20 bits per heavy atom. The minimum atomic E-state index is -0.250. The predicted molar refractivity (Wildman–Crippen MR) is 135 cm³/mol. The summed E-state index contributed by atoms with van der Waals surface area (Å²) in [5.74, 6) is -0.182. The molecule has 1 saturated heterocycles. The van der Waals surface area contributed by atoms with Gasteiger partial charge in [0.2, 0.25) is 11.8 Å². The molecule has 0 spiro atoms. The van der Waals surface area contributed by atoms with Crippen molar-refractivity contribution in [3.63, 3.8) is 0 Å². The SMILES string of the molecule is COCCOc1cc(/C=C/C(=O)N2CCN(Cc3ccc(F)cc3)C[C@H]2C)c(NC(C)=O)cc1Cl. The summed E-state index contributed by atoms with van der Waals surface area (Å²) < 4.78 is 23.8. The Morgan fingerprint density at radius 3 is 2.60 bits per heavy atom. The van der Waals surface area contributed by atoms with E-state index in [9.17, 15) is 14.0 Å². The van der Waals surface area contributed by atoms with Crippen LogP contribution in [0.4, 0.5) is 10.1 Å². The summed E-state index contributed by atoms with van der Waals surface area (Å²) in [4.78, 5) is 28.7. The van der Waals surface area contributed by atoms with Crippen molar-refractivity contribution in [3.05, 3.63) is 64.4 Å². The van der Waals surface area contributed by atoms with Gasteiger partial charge in [-0.15, -0.1) is 0 Å². The van der Waals surface area contributed by atoms with Gasteiger partial charge in [-0.25, -0.2) is 4.39 Å². The van der Waals surface area contributed by atoms with E-state index in [2.05, 4.69) is 10.2 Å². The fourth-order valence-electron chi connectivity index (χ4n) is 3.96.